The minimum atomic E-state index is -0.949. The Balaban J connectivity index is 1.24. The van der Waals surface area contributed by atoms with Gasteiger partial charge in [-0.15, -0.1) is 0 Å². The highest BCUT2D eigenvalue weighted by Crippen LogP contribution is 2.37. The first-order valence-corrected chi connectivity index (χ1v) is 13.0. The van der Waals surface area contributed by atoms with Gasteiger partial charge in [-0.2, -0.15) is 4.39 Å². The van der Waals surface area contributed by atoms with Crippen LogP contribution in [0.4, 0.5) is 8.78 Å². The van der Waals surface area contributed by atoms with Gasteiger partial charge in [0.1, 0.15) is 5.75 Å². The topological polar surface area (TPSA) is 27.7 Å². The summed E-state index contributed by atoms with van der Waals surface area (Å²) in [6, 6.07) is 10.2. The van der Waals surface area contributed by atoms with Crippen molar-refractivity contribution in [3.05, 3.63) is 48.0 Å². The lowest BCUT2D eigenvalue weighted by Gasteiger charge is -2.37. The molecular formula is C29H38F2O3. The molecule has 5 heteroatoms. The maximum atomic E-state index is 14.5. The SMILES string of the molecule is CCCC1CCC(C2CCC(COc3ccc(-c4ccc(OCC)c(F)c4F)cc3)CC2)OC1. The molecule has 1 saturated carbocycles. The van der Waals surface area contributed by atoms with E-state index in [9.17, 15) is 8.78 Å². The number of ether oxygens (including phenoxy) is 3. The highest BCUT2D eigenvalue weighted by molar-refractivity contribution is 5.66. The molecule has 2 aromatic rings. The van der Waals surface area contributed by atoms with Crippen LogP contribution in [0, 0.1) is 29.4 Å². The first-order valence-electron chi connectivity index (χ1n) is 13.0. The Hall–Kier alpha value is -2.14. The minimum absolute atomic E-state index is 0.0610. The summed E-state index contributed by atoms with van der Waals surface area (Å²) < 4.78 is 46.1. The quantitative estimate of drug-likeness (QED) is 0.372. The summed E-state index contributed by atoms with van der Waals surface area (Å²) in [7, 11) is 0. The summed E-state index contributed by atoms with van der Waals surface area (Å²) in [5.41, 5.74) is 0.831. The van der Waals surface area contributed by atoms with Crippen molar-refractivity contribution < 1.29 is 23.0 Å². The van der Waals surface area contributed by atoms with Crippen LogP contribution in [-0.4, -0.2) is 25.9 Å². The molecule has 3 nitrogen and oxygen atoms in total. The largest absolute Gasteiger partial charge is 0.493 e. The van der Waals surface area contributed by atoms with E-state index in [-0.39, 0.29) is 17.9 Å². The zero-order chi connectivity index (χ0) is 23.9. The highest BCUT2D eigenvalue weighted by atomic mass is 19.2. The smallest absolute Gasteiger partial charge is 0.201 e. The summed E-state index contributed by atoms with van der Waals surface area (Å²) in [4.78, 5) is 0. The van der Waals surface area contributed by atoms with Crippen LogP contribution in [-0.2, 0) is 4.74 Å². The van der Waals surface area contributed by atoms with Gasteiger partial charge in [0.15, 0.2) is 11.6 Å². The van der Waals surface area contributed by atoms with Gasteiger partial charge < -0.3 is 14.2 Å². The zero-order valence-corrected chi connectivity index (χ0v) is 20.5. The summed E-state index contributed by atoms with van der Waals surface area (Å²) in [5.74, 6) is 0.883. The van der Waals surface area contributed by atoms with E-state index >= 15 is 0 Å². The Kier molecular flexibility index (Phi) is 8.82. The molecule has 2 fully saturated rings. The van der Waals surface area contributed by atoms with Crippen LogP contribution in [0.5, 0.6) is 11.5 Å². The van der Waals surface area contributed by atoms with Gasteiger partial charge in [-0.3, -0.25) is 0 Å². The molecule has 2 unspecified atom stereocenters. The van der Waals surface area contributed by atoms with E-state index in [0.717, 1.165) is 18.3 Å². The average Bonchev–Trinajstić information content (AvgIpc) is 2.87. The molecule has 1 aliphatic carbocycles. The van der Waals surface area contributed by atoms with Gasteiger partial charge in [-0.25, -0.2) is 4.39 Å². The minimum Gasteiger partial charge on any atom is -0.493 e. The van der Waals surface area contributed by atoms with E-state index < -0.39 is 11.6 Å². The van der Waals surface area contributed by atoms with Gasteiger partial charge in [0.25, 0.3) is 0 Å². The predicted octanol–water partition coefficient (Wildman–Crippen LogP) is 7.81. The van der Waals surface area contributed by atoms with Crippen molar-refractivity contribution >= 4 is 0 Å². The lowest BCUT2D eigenvalue weighted by molar-refractivity contribution is -0.0604. The van der Waals surface area contributed by atoms with Gasteiger partial charge >= 0.3 is 0 Å². The third kappa shape index (κ3) is 6.10. The summed E-state index contributed by atoms with van der Waals surface area (Å²) >= 11 is 0. The fraction of sp³-hybridized carbons (Fsp3) is 0.586. The Morgan fingerprint density at radius 3 is 2.21 bits per heavy atom. The van der Waals surface area contributed by atoms with E-state index in [4.69, 9.17) is 14.2 Å². The second-order valence-electron chi connectivity index (χ2n) is 9.89. The van der Waals surface area contributed by atoms with Gasteiger partial charge in [-0.05, 0) is 99.5 Å². The fourth-order valence-electron chi connectivity index (χ4n) is 5.53. The van der Waals surface area contributed by atoms with Gasteiger partial charge in [0.05, 0.1) is 19.3 Å². The Bertz CT molecular complexity index is 898. The predicted molar refractivity (Wildman–Crippen MR) is 131 cm³/mol. The van der Waals surface area contributed by atoms with Crippen molar-refractivity contribution in [3.63, 3.8) is 0 Å². The van der Waals surface area contributed by atoms with Crippen LogP contribution in [0.15, 0.2) is 36.4 Å². The molecule has 0 amide bonds. The molecule has 2 aliphatic rings. The summed E-state index contributed by atoms with van der Waals surface area (Å²) in [6.07, 6.45) is 10.3. The van der Waals surface area contributed by atoms with Crippen LogP contribution in [0.1, 0.15) is 65.2 Å². The molecule has 0 bridgehead atoms. The Labute approximate surface area is 202 Å². The van der Waals surface area contributed by atoms with E-state index in [2.05, 4.69) is 6.92 Å². The van der Waals surface area contributed by atoms with Crippen molar-refractivity contribution in [2.75, 3.05) is 19.8 Å². The summed E-state index contributed by atoms with van der Waals surface area (Å²) in [5, 5.41) is 0. The maximum Gasteiger partial charge on any atom is 0.201 e. The van der Waals surface area contributed by atoms with Gasteiger partial charge in [-0.1, -0.05) is 25.5 Å². The molecule has 34 heavy (non-hydrogen) atoms. The van der Waals surface area contributed by atoms with Gasteiger partial charge in [0, 0.05) is 12.2 Å². The van der Waals surface area contributed by atoms with Crippen LogP contribution >= 0.6 is 0 Å². The second-order valence-corrected chi connectivity index (χ2v) is 9.89. The standard InChI is InChI=1S/C29H38F2O3/c1-3-5-20-8-16-26(34-19-20)23-9-6-21(7-10-23)18-33-24-13-11-22(12-14-24)25-15-17-27(32-4-2)29(31)28(25)30/h11-15,17,20-21,23,26H,3-10,16,18-19H2,1-2H3. The lowest BCUT2D eigenvalue weighted by atomic mass is 9.77. The molecule has 2 atom stereocenters. The van der Waals surface area contributed by atoms with E-state index in [1.54, 1.807) is 25.1 Å². The van der Waals surface area contributed by atoms with E-state index in [1.165, 1.54) is 57.4 Å². The van der Waals surface area contributed by atoms with Crippen molar-refractivity contribution in [2.24, 2.45) is 17.8 Å². The Morgan fingerprint density at radius 1 is 0.824 bits per heavy atom. The molecule has 0 aromatic heterocycles. The molecule has 1 saturated heterocycles. The third-order valence-corrected chi connectivity index (χ3v) is 7.52. The molecule has 4 rings (SSSR count). The Morgan fingerprint density at radius 2 is 1.56 bits per heavy atom. The molecule has 186 valence electrons. The zero-order valence-electron chi connectivity index (χ0n) is 20.5. The monoisotopic (exact) mass is 472 g/mol. The average molecular weight is 473 g/mol. The van der Waals surface area contributed by atoms with Crippen LogP contribution in [0.3, 0.4) is 0 Å². The van der Waals surface area contributed by atoms with E-state index in [0.29, 0.717) is 30.1 Å². The lowest BCUT2D eigenvalue weighted by Crippen LogP contribution is -2.34. The number of halogens is 2. The van der Waals surface area contributed by atoms with Crippen LogP contribution in [0.25, 0.3) is 11.1 Å². The van der Waals surface area contributed by atoms with Crippen LogP contribution < -0.4 is 9.47 Å². The second kappa shape index (κ2) is 12.0. The van der Waals surface area contributed by atoms with E-state index in [1.807, 2.05) is 12.1 Å². The van der Waals surface area contributed by atoms with Crippen molar-refractivity contribution in [1.29, 1.82) is 0 Å². The normalized spacial score (nSPS) is 25.2. The van der Waals surface area contributed by atoms with Gasteiger partial charge in [0.2, 0.25) is 5.82 Å². The van der Waals surface area contributed by atoms with Crippen LogP contribution in [0.2, 0.25) is 0 Å². The number of benzene rings is 2. The first kappa shape index (κ1) is 25.0. The number of rotatable bonds is 9. The first-order chi connectivity index (χ1) is 16.6. The fourth-order valence-corrected chi connectivity index (χ4v) is 5.53. The molecule has 1 aliphatic heterocycles. The molecule has 0 radical (unpaired) electrons. The molecule has 2 aromatic carbocycles. The highest BCUT2D eigenvalue weighted by Gasteiger charge is 2.31. The molecule has 0 N–H and O–H groups in total. The van der Waals surface area contributed by atoms with Crippen molar-refractivity contribution in [2.45, 2.75) is 71.3 Å². The van der Waals surface area contributed by atoms with Crippen molar-refractivity contribution in [1.82, 2.24) is 0 Å². The molecule has 0 spiro atoms. The molecular weight excluding hydrogens is 434 g/mol. The van der Waals surface area contributed by atoms with Crippen molar-refractivity contribution in [3.8, 4) is 22.6 Å². The number of hydrogen-bond acceptors (Lipinski definition) is 3. The third-order valence-electron chi connectivity index (χ3n) is 7.52. The number of hydrogen-bond donors (Lipinski definition) is 0. The summed E-state index contributed by atoms with van der Waals surface area (Å²) in [6.45, 7) is 5.93. The molecule has 1 heterocycles. The maximum absolute atomic E-state index is 14.5.